The average molecular weight is 388 g/mol. The summed E-state index contributed by atoms with van der Waals surface area (Å²) in [5.41, 5.74) is 1.47. The third-order valence-electron chi connectivity index (χ3n) is 4.81. The summed E-state index contributed by atoms with van der Waals surface area (Å²) in [6, 6.07) is 9.59. The lowest BCUT2D eigenvalue weighted by atomic mass is 9.91. The van der Waals surface area contributed by atoms with Crippen LogP contribution in [0.2, 0.25) is 5.02 Å². The van der Waals surface area contributed by atoms with E-state index in [9.17, 15) is 4.79 Å². The zero-order chi connectivity index (χ0) is 19.4. The maximum absolute atomic E-state index is 12.4. The number of anilines is 2. The number of carbonyl (C=O) groups excluding carboxylic acids is 1. The number of benzene rings is 1. The molecule has 0 radical (unpaired) electrons. The van der Waals surface area contributed by atoms with Crippen LogP contribution in [0.15, 0.2) is 30.3 Å². The molecule has 6 nitrogen and oxygen atoms in total. The van der Waals surface area contributed by atoms with Gasteiger partial charge in [-0.15, -0.1) is 0 Å². The molecule has 2 N–H and O–H groups in total. The Morgan fingerprint density at radius 2 is 1.78 bits per heavy atom. The molecule has 0 unspecified atom stereocenters. The van der Waals surface area contributed by atoms with Crippen molar-refractivity contribution in [2.75, 3.05) is 24.3 Å². The molecule has 1 heterocycles. The van der Waals surface area contributed by atoms with Gasteiger partial charge >= 0.3 is 0 Å². The van der Waals surface area contributed by atoms with Gasteiger partial charge in [-0.05, 0) is 44.7 Å². The molecule has 0 aliphatic heterocycles. The highest BCUT2D eigenvalue weighted by Crippen LogP contribution is 2.23. The summed E-state index contributed by atoms with van der Waals surface area (Å²) >= 11 is 6.11. The molecule has 1 fully saturated rings. The Morgan fingerprint density at radius 3 is 2.44 bits per heavy atom. The minimum Gasteiger partial charge on any atom is -0.363 e. The number of carbonyl (C=O) groups is 1. The molecular formula is C20H26ClN5O. The molecule has 144 valence electrons. The quantitative estimate of drug-likeness (QED) is 0.819. The lowest BCUT2D eigenvalue weighted by molar-refractivity contribution is 0.0926. The van der Waals surface area contributed by atoms with Crippen LogP contribution in [0, 0.1) is 6.92 Å². The van der Waals surface area contributed by atoms with E-state index in [-0.39, 0.29) is 11.9 Å². The summed E-state index contributed by atoms with van der Waals surface area (Å²) in [6.45, 7) is 1.97. The fourth-order valence-electron chi connectivity index (χ4n) is 3.32. The van der Waals surface area contributed by atoms with Crippen molar-refractivity contribution in [2.45, 2.75) is 44.7 Å². The third kappa shape index (κ3) is 5.10. The first-order valence-electron chi connectivity index (χ1n) is 9.27. The van der Waals surface area contributed by atoms with E-state index < -0.39 is 0 Å². The van der Waals surface area contributed by atoms with Gasteiger partial charge in [0.1, 0.15) is 5.82 Å². The number of rotatable bonds is 5. The van der Waals surface area contributed by atoms with Gasteiger partial charge in [-0.1, -0.05) is 23.7 Å². The highest BCUT2D eigenvalue weighted by atomic mass is 35.5. The lowest BCUT2D eigenvalue weighted by Crippen LogP contribution is -2.40. The minimum absolute atomic E-state index is 0.102. The normalized spacial score (nSPS) is 19.4. The molecule has 1 aliphatic carbocycles. The van der Waals surface area contributed by atoms with Gasteiger partial charge in [0.25, 0.3) is 5.91 Å². The monoisotopic (exact) mass is 387 g/mol. The second-order valence-corrected chi connectivity index (χ2v) is 7.64. The first-order chi connectivity index (χ1) is 12.9. The van der Waals surface area contributed by atoms with Gasteiger partial charge in [-0.25, -0.2) is 4.98 Å². The zero-order valence-corrected chi connectivity index (χ0v) is 16.8. The van der Waals surface area contributed by atoms with Crippen molar-refractivity contribution in [1.82, 2.24) is 15.3 Å². The predicted octanol–water partition coefficient (Wildman–Crippen LogP) is 3.66. The topological polar surface area (TPSA) is 70.2 Å². The van der Waals surface area contributed by atoms with E-state index in [1.165, 1.54) is 0 Å². The van der Waals surface area contributed by atoms with Crippen LogP contribution in [0.4, 0.5) is 11.8 Å². The molecule has 3 rings (SSSR count). The third-order valence-corrected chi connectivity index (χ3v) is 5.14. The molecule has 1 amide bonds. The standard InChI is InChI=1S/C20H26ClN5O/c1-13-12-18(26(2)3)25-20(22-13)24-15-10-8-14(9-11-15)23-19(27)16-6-4-5-7-17(16)21/h4-7,12,14-15H,8-11H2,1-3H3,(H,23,27)(H,22,24,25)/t14-,15+. The van der Waals surface area contributed by atoms with Gasteiger partial charge < -0.3 is 15.5 Å². The van der Waals surface area contributed by atoms with Gasteiger partial charge in [0, 0.05) is 37.9 Å². The maximum atomic E-state index is 12.4. The van der Waals surface area contributed by atoms with Gasteiger partial charge in [-0.3, -0.25) is 4.79 Å². The Morgan fingerprint density at radius 1 is 1.11 bits per heavy atom. The molecule has 0 bridgehead atoms. The van der Waals surface area contributed by atoms with Crippen molar-refractivity contribution < 1.29 is 4.79 Å². The summed E-state index contributed by atoms with van der Waals surface area (Å²) in [6.07, 6.45) is 3.75. The van der Waals surface area contributed by atoms with Gasteiger partial charge in [0.05, 0.1) is 10.6 Å². The molecule has 2 aromatic rings. The summed E-state index contributed by atoms with van der Waals surface area (Å²) in [7, 11) is 3.94. The SMILES string of the molecule is Cc1cc(N(C)C)nc(N[C@H]2CC[C@@H](NC(=O)c3ccccc3Cl)CC2)n1. The molecule has 0 atom stereocenters. The van der Waals surface area contributed by atoms with Crippen LogP contribution in [0.5, 0.6) is 0 Å². The molecule has 27 heavy (non-hydrogen) atoms. The van der Waals surface area contributed by atoms with Crippen molar-refractivity contribution >= 4 is 29.3 Å². The number of nitrogens with one attached hydrogen (secondary N) is 2. The Balaban J connectivity index is 1.53. The summed E-state index contributed by atoms with van der Waals surface area (Å²) in [4.78, 5) is 23.4. The van der Waals surface area contributed by atoms with Gasteiger partial charge in [0.15, 0.2) is 0 Å². The van der Waals surface area contributed by atoms with E-state index in [2.05, 4.69) is 20.6 Å². The molecule has 1 aliphatic rings. The number of aromatic nitrogens is 2. The van der Waals surface area contributed by atoms with Crippen LogP contribution in [0.25, 0.3) is 0 Å². The number of aryl methyl sites for hydroxylation is 1. The van der Waals surface area contributed by atoms with Crippen LogP contribution in [-0.2, 0) is 0 Å². The van der Waals surface area contributed by atoms with Crippen LogP contribution < -0.4 is 15.5 Å². The Kier molecular flexibility index (Phi) is 6.16. The highest BCUT2D eigenvalue weighted by molar-refractivity contribution is 6.33. The Labute approximate surface area is 165 Å². The van der Waals surface area contributed by atoms with E-state index in [1.807, 2.05) is 44.1 Å². The molecule has 1 saturated carbocycles. The van der Waals surface area contributed by atoms with Crippen molar-refractivity contribution in [3.8, 4) is 0 Å². The van der Waals surface area contributed by atoms with Crippen LogP contribution >= 0.6 is 11.6 Å². The average Bonchev–Trinajstić information content (AvgIpc) is 2.63. The Bertz CT molecular complexity index is 803. The highest BCUT2D eigenvalue weighted by Gasteiger charge is 2.24. The van der Waals surface area contributed by atoms with Crippen molar-refractivity contribution in [1.29, 1.82) is 0 Å². The molecular weight excluding hydrogens is 362 g/mol. The minimum atomic E-state index is -0.102. The summed E-state index contributed by atoms with van der Waals surface area (Å²) in [5, 5.41) is 7.04. The fraction of sp³-hybridized carbons (Fsp3) is 0.450. The summed E-state index contributed by atoms with van der Waals surface area (Å²) < 4.78 is 0. The number of amides is 1. The van der Waals surface area contributed by atoms with Crippen molar-refractivity contribution in [3.63, 3.8) is 0 Å². The number of hydrogen-bond acceptors (Lipinski definition) is 5. The smallest absolute Gasteiger partial charge is 0.253 e. The van der Waals surface area contributed by atoms with E-state index in [0.29, 0.717) is 22.6 Å². The molecule has 0 spiro atoms. The fourth-order valence-corrected chi connectivity index (χ4v) is 3.54. The van der Waals surface area contributed by atoms with E-state index in [1.54, 1.807) is 12.1 Å². The molecule has 1 aromatic carbocycles. The number of nitrogens with zero attached hydrogens (tertiary/aromatic N) is 3. The van der Waals surface area contributed by atoms with Crippen LogP contribution in [-0.4, -0.2) is 42.1 Å². The van der Waals surface area contributed by atoms with Crippen LogP contribution in [0.1, 0.15) is 41.7 Å². The lowest BCUT2D eigenvalue weighted by Gasteiger charge is -2.30. The Hall–Kier alpha value is -2.34. The van der Waals surface area contributed by atoms with Crippen molar-refractivity contribution in [3.05, 3.63) is 46.6 Å². The number of hydrogen-bond donors (Lipinski definition) is 2. The van der Waals surface area contributed by atoms with E-state index in [4.69, 9.17) is 11.6 Å². The first kappa shape index (κ1) is 19.4. The van der Waals surface area contributed by atoms with E-state index in [0.717, 1.165) is 37.2 Å². The molecule has 0 saturated heterocycles. The van der Waals surface area contributed by atoms with Gasteiger partial charge in [0.2, 0.25) is 5.95 Å². The van der Waals surface area contributed by atoms with Crippen molar-refractivity contribution in [2.24, 2.45) is 0 Å². The van der Waals surface area contributed by atoms with Crippen LogP contribution in [0.3, 0.4) is 0 Å². The number of halogens is 1. The second-order valence-electron chi connectivity index (χ2n) is 7.23. The van der Waals surface area contributed by atoms with E-state index >= 15 is 0 Å². The summed E-state index contributed by atoms with van der Waals surface area (Å²) in [5.74, 6) is 1.46. The predicted molar refractivity (Wildman–Crippen MR) is 110 cm³/mol. The van der Waals surface area contributed by atoms with Gasteiger partial charge in [-0.2, -0.15) is 4.98 Å². The zero-order valence-electron chi connectivity index (χ0n) is 16.0. The maximum Gasteiger partial charge on any atom is 0.253 e. The largest absolute Gasteiger partial charge is 0.363 e. The second kappa shape index (κ2) is 8.57. The first-order valence-corrected chi connectivity index (χ1v) is 9.65. The molecule has 7 heteroatoms. The molecule has 1 aromatic heterocycles.